The van der Waals surface area contributed by atoms with Crippen LogP contribution in [0.25, 0.3) is 0 Å². The summed E-state index contributed by atoms with van der Waals surface area (Å²) >= 11 is 0. The predicted octanol–water partition coefficient (Wildman–Crippen LogP) is 0.989. The van der Waals surface area contributed by atoms with Crippen LogP contribution >= 0.6 is 0 Å². The minimum atomic E-state index is 0.840. The Bertz CT molecular complexity index is 259. The Labute approximate surface area is 53.1 Å². The van der Waals surface area contributed by atoms with E-state index in [1.807, 2.05) is 17.7 Å². The van der Waals surface area contributed by atoms with Crippen LogP contribution in [-0.2, 0) is 6.54 Å². The molecular formula is C6H7N3. The molecule has 9 heavy (non-hydrogen) atoms. The number of aromatic nitrogens is 2. The van der Waals surface area contributed by atoms with Gasteiger partial charge in [0.15, 0.2) is 0 Å². The molecule has 1 aromatic heterocycles. The van der Waals surface area contributed by atoms with Crippen LogP contribution in [0.1, 0.15) is 6.92 Å². The molecule has 0 N–H and O–H groups in total. The van der Waals surface area contributed by atoms with E-state index in [1.54, 1.807) is 6.20 Å². The first-order valence-corrected chi connectivity index (χ1v) is 2.91. The van der Waals surface area contributed by atoms with Gasteiger partial charge in [-0.3, -0.25) is 0 Å². The van der Waals surface area contributed by atoms with E-state index in [9.17, 15) is 0 Å². The summed E-state index contributed by atoms with van der Waals surface area (Å²) in [5, 5.41) is 0. The molecule has 0 saturated carbocycles. The van der Waals surface area contributed by atoms with Gasteiger partial charge < -0.3 is 4.57 Å². The SMILES string of the molecule is CC1=Nc2nccn2C1. The fraction of sp³-hybridized carbons (Fsp3) is 0.333. The summed E-state index contributed by atoms with van der Waals surface area (Å²) in [5.74, 6) is 0.840. The highest BCUT2D eigenvalue weighted by atomic mass is 15.2. The van der Waals surface area contributed by atoms with Gasteiger partial charge in [-0.05, 0) is 6.92 Å². The maximum absolute atomic E-state index is 4.18. The van der Waals surface area contributed by atoms with Crippen molar-refractivity contribution in [2.45, 2.75) is 13.5 Å². The number of nitrogens with zero attached hydrogens (tertiary/aromatic N) is 3. The Morgan fingerprint density at radius 1 is 1.67 bits per heavy atom. The molecule has 0 saturated heterocycles. The molecular weight excluding hydrogens is 114 g/mol. The van der Waals surface area contributed by atoms with Crippen molar-refractivity contribution in [3.8, 4) is 0 Å². The van der Waals surface area contributed by atoms with E-state index >= 15 is 0 Å². The normalized spacial score (nSPS) is 15.4. The molecule has 0 spiro atoms. The number of fused-ring (bicyclic) bond motifs is 1. The number of imidazole rings is 1. The molecule has 2 rings (SSSR count). The fourth-order valence-electron chi connectivity index (χ4n) is 0.990. The van der Waals surface area contributed by atoms with Crippen LogP contribution in [0.4, 0.5) is 5.95 Å². The molecule has 1 aromatic rings. The van der Waals surface area contributed by atoms with Gasteiger partial charge in [0.05, 0.1) is 6.54 Å². The van der Waals surface area contributed by atoms with E-state index in [-0.39, 0.29) is 0 Å². The molecule has 1 aliphatic heterocycles. The minimum Gasteiger partial charge on any atom is -0.310 e. The average molecular weight is 121 g/mol. The van der Waals surface area contributed by atoms with Crippen LogP contribution < -0.4 is 0 Å². The Balaban J connectivity index is 2.55. The van der Waals surface area contributed by atoms with Crippen LogP contribution in [0.3, 0.4) is 0 Å². The lowest BCUT2D eigenvalue weighted by molar-refractivity contribution is 0.891. The second-order valence-electron chi connectivity index (χ2n) is 2.20. The Hall–Kier alpha value is -1.12. The number of hydrogen-bond acceptors (Lipinski definition) is 2. The van der Waals surface area contributed by atoms with Gasteiger partial charge in [-0.1, -0.05) is 0 Å². The molecule has 0 fully saturated rings. The van der Waals surface area contributed by atoms with Gasteiger partial charge in [0.1, 0.15) is 0 Å². The van der Waals surface area contributed by atoms with Crippen LogP contribution in [0.15, 0.2) is 17.4 Å². The molecule has 0 radical (unpaired) electrons. The molecule has 0 atom stereocenters. The summed E-state index contributed by atoms with van der Waals surface area (Å²) in [5.41, 5.74) is 1.14. The van der Waals surface area contributed by atoms with E-state index in [2.05, 4.69) is 9.98 Å². The second-order valence-corrected chi connectivity index (χ2v) is 2.20. The summed E-state index contributed by atoms with van der Waals surface area (Å²) in [6.07, 6.45) is 3.71. The molecule has 0 bridgehead atoms. The highest BCUT2D eigenvalue weighted by Gasteiger charge is 2.08. The van der Waals surface area contributed by atoms with E-state index < -0.39 is 0 Å². The first-order chi connectivity index (χ1) is 4.36. The van der Waals surface area contributed by atoms with Crippen molar-refractivity contribution in [2.75, 3.05) is 0 Å². The Morgan fingerprint density at radius 3 is 3.33 bits per heavy atom. The molecule has 3 nitrogen and oxygen atoms in total. The molecule has 1 aliphatic rings. The predicted molar refractivity (Wildman–Crippen MR) is 35.0 cm³/mol. The third-order valence-corrected chi connectivity index (χ3v) is 1.38. The van der Waals surface area contributed by atoms with Crippen molar-refractivity contribution in [1.29, 1.82) is 0 Å². The number of aliphatic imine (C=N–C) groups is 1. The topological polar surface area (TPSA) is 30.2 Å². The standard InChI is InChI=1S/C6H7N3/c1-5-4-9-3-2-7-6(9)8-5/h2-3H,4H2,1H3. The molecule has 0 aromatic carbocycles. The van der Waals surface area contributed by atoms with Crippen molar-refractivity contribution >= 4 is 11.7 Å². The lowest BCUT2D eigenvalue weighted by Crippen LogP contribution is -1.95. The van der Waals surface area contributed by atoms with Gasteiger partial charge in [-0.15, -0.1) is 0 Å². The van der Waals surface area contributed by atoms with E-state index in [0.29, 0.717) is 0 Å². The Kier molecular flexibility index (Phi) is 0.754. The lowest BCUT2D eigenvalue weighted by atomic mass is 10.4. The van der Waals surface area contributed by atoms with E-state index in [1.165, 1.54) is 0 Å². The highest BCUT2D eigenvalue weighted by molar-refractivity contribution is 5.86. The van der Waals surface area contributed by atoms with E-state index in [0.717, 1.165) is 18.2 Å². The molecule has 0 amide bonds. The van der Waals surface area contributed by atoms with Crippen molar-refractivity contribution in [1.82, 2.24) is 9.55 Å². The first-order valence-electron chi connectivity index (χ1n) is 2.91. The molecule has 46 valence electrons. The third-order valence-electron chi connectivity index (χ3n) is 1.38. The van der Waals surface area contributed by atoms with Crippen LogP contribution in [-0.4, -0.2) is 15.3 Å². The average Bonchev–Trinajstić information content (AvgIpc) is 2.22. The summed E-state index contributed by atoms with van der Waals surface area (Å²) in [6, 6.07) is 0. The molecule has 0 unspecified atom stereocenters. The fourth-order valence-corrected chi connectivity index (χ4v) is 0.990. The first kappa shape index (κ1) is 4.73. The maximum Gasteiger partial charge on any atom is 0.229 e. The van der Waals surface area contributed by atoms with Gasteiger partial charge in [0.25, 0.3) is 0 Å². The monoisotopic (exact) mass is 121 g/mol. The highest BCUT2D eigenvalue weighted by Crippen LogP contribution is 2.14. The molecule has 3 heteroatoms. The zero-order valence-electron chi connectivity index (χ0n) is 5.20. The summed E-state index contributed by atoms with van der Waals surface area (Å²) in [7, 11) is 0. The lowest BCUT2D eigenvalue weighted by Gasteiger charge is -1.88. The van der Waals surface area contributed by atoms with Crippen LogP contribution in [0, 0.1) is 0 Å². The van der Waals surface area contributed by atoms with E-state index in [4.69, 9.17) is 0 Å². The molecule has 2 heterocycles. The molecule has 0 aliphatic carbocycles. The minimum absolute atomic E-state index is 0.840. The van der Waals surface area contributed by atoms with Crippen LogP contribution in [0.5, 0.6) is 0 Å². The number of hydrogen-bond donors (Lipinski definition) is 0. The second kappa shape index (κ2) is 1.43. The van der Waals surface area contributed by atoms with Crippen molar-refractivity contribution in [2.24, 2.45) is 4.99 Å². The summed E-state index contributed by atoms with van der Waals surface area (Å²) < 4.78 is 2.02. The van der Waals surface area contributed by atoms with Crippen molar-refractivity contribution in [3.63, 3.8) is 0 Å². The third kappa shape index (κ3) is 0.575. The van der Waals surface area contributed by atoms with Gasteiger partial charge in [0.2, 0.25) is 5.95 Å². The maximum atomic E-state index is 4.18. The largest absolute Gasteiger partial charge is 0.310 e. The summed E-state index contributed by atoms with van der Waals surface area (Å²) in [4.78, 5) is 8.20. The Morgan fingerprint density at radius 2 is 2.56 bits per heavy atom. The smallest absolute Gasteiger partial charge is 0.229 e. The van der Waals surface area contributed by atoms with Gasteiger partial charge in [-0.2, -0.15) is 0 Å². The zero-order chi connectivity index (χ0) is 6.27. The van der Waals surface area contributed by atoms with Gasteiger partial charge in [-0.25, -0.2) is 9.98 Å². The number of rotatable bonds is 0. The van der Waals surface area contributed by atoms with Gasteiger partial charge in [0, 0.05) is 18.1 Å². The van der Waals surface area contributed by atoms with Crippen LogP contribution in [0.2, 0.25) is 0 Å². The van der Waals surface area contributed by atoms with Crippen molar-refractivity contribution < 1.29 is 0 Å². The van der Waals surface area contributed by atoms with Crippen molar-refractivity contribution in [3.05, 3.63) is 12.4 Å². The van der Waals surface area contributed by atoms with Gasteiger partial charge >= 0.3 is 0 Å². The zero-order valence-corrected chi connectivity index (χ0v) is 5.20. The quantitative estimate of drug-likeness (QED) is 0.503. The summed E-state index contributed by atoms with van der Waals surface area (Å²) in [6.45, 7) is 2.92.